The van der Waals surface area contributed by atoms with Crippen molar-refractivity contribution < 1.29 is 14.3 Å². The number of thioether (sulfide) groups is 1. The number of hydrogen-bond donors (Lipinski definition) is 1. The predicted octanol–water partition coefficient (Wildman–Crippen LogP) is 4.38. The summed E-state index contributed by atoms with van der Waals surface area (Å²) in [5.74, 6) is 2.59. The van der Waals surface area contributed by atoms with Crippen LogP contribution in [0, 0.1) is 17.8 Å². The van der Waals surface area contributed by atoms with Gasteiger partial charge in [0, 0.05) is 12.2 Å². The molecule has 8 heteroatoms. The number of rotatable bonds is 7. The van der Waals surface area contributed by atoms with E-state index in [1.807, 2.05) is 12.1 Å². The van der Waals surface area contributed by atoms with E-state index in [0.29, 0.717) is 23.0 Å². The number of ether oxygens (including phenoxy) is 1. The topological polar surface area (TPSA) is 81.2 Å². The number of aromatic nitrogens is 2. The molecule has 2 fully saturated rings. The van der Waals surface area contributed by atoms with Gasteiger partial charge in [-0.2, -0.15) is 0 Å². The molecular formula is C20H23N3O3S2. The molecule has 3 atom stereocenters. The molecule has 0 unspecified atom stereocenters. The zero-order chi connectivity index (χ0) is 19.5. The Kier molecular flexibility index (Phi) is 5.96. The number of fused-ring (bicyclic) bond motifs is 2. The van der Waals surface area contributed by atoms with E-state index in [2.05, 4.69) is 15.5 Å². The first-order valence-electron chi connectivity index (χ1n) is 9.54. The summed E-state index contributed by atoms with van der Waals surface area (Å²) in [5.41, 5.74) is 1.61. The minimum absolute atomic E-state index is 0.0589. The molecule has 0 radical (unpaired) electrons. The van der Waals surface area contributed by atoms with Crippen LogP contribution in [-0.4, -0.2) is 29.2 Å². The van der Waals surface area contributed by atoms with Crippen molar-refractivity contribution in [3.63, 3.8) is 0 Å². The normalized spacial score (nSPS) is 23.0. The number of nitrogens with zero attached hydrogens (tertiary/aromatic N) is 2. The maximum Gasteiger partial charge on any atom is 0.337 e. The standard InChI is InChI=1S/C20H23N3O3S2/c1-26-18(25)14-5-2-12(3-6-14)11-27-20-23-22-19(28-20)21-17(24)10-16-9-13-4-7-15(16)8-13/h2-3,5-6,13,15-16H,4,7-11H2,1H3,(H,21,22,24)/t13-,15-,16+/m0/s1. The zero-order valence-electron chi connectivity index (χ0n) is 15.7. The van der Waals surface area contributed by atoms with Crippen molar-refractivity contribution in [2.45, 2.75) is 42.2 Å². The van der Waals surface area contributed by atoms with Crippen LogP contribution >= 0.6 is 23.1 Å². The molecule has 2 bridgehead atoms. The monoisotopic (exact) mass is 417 g/mol. The summed E-state index contributed by atoms with van der Waals surface area (Å²) in [7, 11) is 1.37. The van der Waals surface area contributed by atoms with Gasteiger partial charge in [-0.1, -0.05) is 41.7 Å². The second kappa shape index (κ2) is 8.61. The van der Waals surface area contributed by atoms with Crippen LogP contribution in [0.25, 0.3) is 0 Å². The molecule has 2 aliphatic rings. The maximum absolute atomic E-state index is 12.3. The molecule has 2 aliphatic carbocycles. The number of carbonyl (C=O) groups excluding carboxylic acids is 2. The minimum atomic E-state index is -0.339. The molecule has 2 saturated carbocycles. The van der Waals surface area contributed by atoms with E-state index in [-0.39, 0.29) is 11.9 Å². The highest BCUT2D eigenvalue weighted by Gasteiger charge is 2.40. The third-order valence-corrected chi connectivity index (χ3v) is 7.77. The molecule has 2 aromatic rings. The molecule has 1 N–H and O–H groups in total. The van der Waals surface area contributed by atoms with Crippen molar-refractivity contribution in [2.24, 2.45) is 17.8 Å². The average Bonchev–Trinajstić information content (AvgIpc) is 3.43. The molecule has 1 aromatic carbocycles. The Morgan fingerprint density at radius 1 is 1.21 bits per heavy atom. The first kappa shape index (κ1) is 19.4. The third-order valence-electron chi connectivity index (χ3n) is 5.72. The summed E-state index contributed by atoms with van der Waals surface area (Å²) in [4.78, 5) is 23.8. The van der Waals surface area contributed by atoms with Gasteiger partial charge in [-0.05, 0) is 54.7 Å². The number of hydrogen-bond acceptors (Lipinski definition) is 7. The zero-order valence-corrected chi connectivity index (χ0v) is 17.4. The van der Waals surface area contributed by atoms with Gasteiger partial charge in [-0.25, -0.2) is 4.79 Å². The van der Waals surface area contributed by atoms with Gasteiger partial charge in [0.15, 0.2) is 4.34 Å². The van der Waals surface area contributed by atoms with Gasteiger partial charge in [0.2, 0.25) is 11.0 Å². The van der Waals surface area contributed by atoms with Gasteiger partial charge < -0.3 is 10.1 Å². The van der Waals surface area contributed by atoms with Crippen molar-refractivity contribution >= 4 is 40.1 Å². The average molecular weight is 418 g/mol. The maximum atomic E-state index is 12.3. The van der Waals surface area contributed by atoms with E-state index in [1.54, 1.807) is 23.9 Å². The van der Waals surface area contributed by atoms with Crippen LogP contribution in [0.15, 0.2) is 28.6 Å². The van der Waals surface area contributed by atoms with Crippen molar-refractivity contribution in [3.8, 4) is 0 Å². The summed E-state index contributed by atoms with van der Waals surface area (Å²) >= 11 is 2.96. The summed E-state index contributed by atoms with van der Waals surface area (Å²) in [6.07, 6.45) is 5.78. The Morgan fingerprint density at radius 2 is 2.04 bits per heavy atom. The van der Waals surface area contributed by atoms with Crippen molar-refractivity contribution in [2.75, 3.05) is 12.4 Å². The number of esters is 1. The molecule has 0 spiro atoms. The van der Waals surface area contributed by atoms with E-state index in [9.17, 15) is 9.59 Å². The molecular weight excluding hydrogens is 394 g/mol. The fourth-order valence-corrected chi connectivity index (χ4v) is 6.08. The Labute approximate surface area is 172 Å². The first-order chi connectivity index (χ1) is 13.6. The number of anilines is 1. The molecule has 1 heterocycles. The summed E-state index contributed by atoms with van der Waals surface area (Å²) in [5, 5.41) is 11.7. The molecule has 148 valence electrons. The lowest BCUT2D eigenvalue weighted by atomic mass is 9.86. The summed E-state index contributed by atoms with van der Waals surface area (Å²) in [6.45, 7) is 0. The number of benzene rings is 1. The van der Waals surface area contributed by atoms with Crippen LogP contribution < -0.4 is 5.32 Å². The van der Waals surface area contributed by atoms with Gasteiger partial charge >= 0.3 is 5.97 Å². The lowest BCUT2D eigenvalue weighted by Gasteiger charge is -2.20. The Balaban J connectivity index is 1.25. The molecule has 0 saturated heterocycles. The van der Waals surface area contributed by atoms with E-state index < -0.39 is 0 Å². The van der Waals surface area contributed by atoms with Crippen LogP contribution in [0.4, 0.5) is 5.13 Å². The second-order valence-corrected chi connectivity index (χ2v) is 9.74. The summed E-state index contributed by atoms with van der Waals surface area (Å²) in [6, 6.07) is 7.31. The van der Waals surface area contributed by atoms with Gasteiger partial charge in [0.1, 0.15) is 0 Å². The minimum Gasteiger partial charge on any atom is -0.465 e. The van der Waals surface area contributed by atoms with Crippen molar-refractivity contribution in [1.29, 1.82) is 0 Å². The highest BCUT2D eigenvalue weighted by atomic mass is 32.2. The quantitative estimate of drug-likeness (QED) is 0.409. The number of nitrogens with one attached hydrogen (secondary N) is 1. The van der Waals surface area contributed by atoms with E-state index in [4.69, 9.17) is 4.74 Å². The van der Waals surface area contributed by atoms with Crippen LogP contribution in [0.1, 0.15) is 48.0 Å². The summed E-state index contributed by atoms with van der Waals surface area (Å²) < 4.78 is 5.51. The number of methoxy groups -OCH3 is 1. The smallest absolute Gasteiger partial charge is 0.337 e. The largest absolute Gasteiger partial charge is 0.465 e. The van der Waals surface area contributed by atoms with Crippen molar-refractivity contribution in [1.82, 2.24) is 10.2 Å². The van der Waals surface area contributed by atoms with Crippen LogP contribution in [0.3, 0.4) is 0 Å². The third kappa shape index (κ3) is 4.55. The van der Waals surface area contributed by atoms with Gasteiger partial charge in [0.25, 0.3) is 0 Å². The lowest BCUT2D eigenvalue weighted by Crippen LogP contribution is -2.20. The number of amides is 1. The van der Waals surface area contributed by atoms with Crippen LogP contribution in [-0.2, 0) is 15.3 Å². The van der Waals surface area contributed by atoms with Gasteiger partial charge in [-0.15, -0.1) is 10.2 Å². The first-order valence-corrected chi connectivity index (χ1v) is 11.3. The fraction of sp³-hybridized carbons (Fsp3) is 0.500. The second-order valence-electron chi connectivity index (χ2n) is 7.54. The van der Waals surface area contributed by atoms with E-state index >= 15 is 0 Å². The molecule has 28 heavy (non-hydrogen) atoms. The SMILES string of the molecule is COC(=O)c1ccc(CSc2nnc(NC(=O)C[C@H]3C[C@H]4CC[C@H]3C4)s2)cc1. The Hall–Kier alpha value is -1.93. The molecule has 0 aliphatic heterocycles. The highest BCUT2D eigenvalue weighted by molar-refractivity contribution is 8.00. The fourth-order valence-electron chi connectivity index (χ4n) is 4.35. The lowest BCUT2D eigenvalue weighted by molar-refractivity contribution is -0.117. The van der Waals surface area contributed by atoms with Crippen LogP contribution in [0.2, 0.25) is 0 Å². The molecule has 1 amide bonds. The van der Waals surface area contributed by atoms with Gasteiger partial charge in [0.05, 0.1) is 12.7 Å². The van der Waals surface area contributed by atoms with E-state index in [0.717, 1.165) is 27.5 Å². The Bertz CT molecular complexity index is 853. The number of carbonyl (C=O) groups is 2. The van der Waals surface area contributed by atoms with Crippen molar-refractivity contribution in [3.05, 3.63) is 35.4 Å². The molecule has 1 aromatic heterocycles. The predicted molar refractivity (Wildman–Crippen MR) is 109 cm³/mol. The molecule has 4 rings (SSSR count). The Morgan fingerprint density at radius 3 is 2.71 bits per heavy atom. The van der Waals surface area contributed by atoms with E-state index in [1.165, 1.54) is 44.1 Å². The highest BCUT2D eigenvalue weighted by Crippen LogP contribution is 2.49. The molecule has 6 nitrogen and oxygen atoms in total. The van der Waals surface area contributed by atoms with Gasteiger partial charge in [-0.3, -0.25) is 4.79 Å². The van der Waals surface area contributed by atoms with Crippen LogP contribution in [0.5, 0.6) is 0 Å².